The molecular formula is C27H27N2O5PS. The van der Waals surface area contributed by atoms with Crippen molar-refractivity contribution in [3.63, 3.8) is 0 Å². The fourth-order valence-corrected chi connectivity index (χ4v) is 12.5. The van der Waals surface area contributed by atoms with Gasteiger partial charge in [-0.15, -0.1) is 0 Å². The van der Waals surface area contributed by atoms with Gasteiger partial charge in [-0.1, -0.05) is 0 Å². The fourth-order valence-electron chi connectivity index (χ4n) is 5.00. The molecule has 0 N–H and O–H groups in total. The van der Waals surface area contributed by atoms with Crippen molar-refractivity contribution >= 4 is 39.2 Å². The Morgan fingerprint density at radius 2 is 1.36 bits per heavy atom. The maximum absolute atomic E-state index is 13.9. The topological polar surface area (TPSA) is 76.2 Å². The molecule has 9 heteroatoms. The molecule has 0 aromatic heterocycles. The first-order chi connectivity index (χ1) is 17.4. The van der Waals surface area contributed by atoms with Gasteiger partial charge in [-0.2, -0.15) is 0 Å². The summed E-state index contributed by atoms with van der Waals surface area (Å²) in [6.45, 7) is -1.73. The zero-order chi connectivity index (χ0) is 25.3. The molecule has 2 amide bonds. The second-order valence-corrected chi connectivity index (χ2v) is 14.3. The molecule has 0 aliphatic carbocycles. The molecule has 1 unspecified atom stereocenters. The summed E-state index contributed by atoms with van der Waals surface area (Å²) in [6, 6.07) is 26.9. The van der Waals surface area contributed by atoms with E-state index >= 15 is 0 Å². The van der Waals surface area contributed by atoms with E-state index in [1.165, 1.54) is 4.90 Å². The summed E-state index contributed by atoms with van der Waals surface area (Å²) in [5.41, 5.74) is 0. The Morgan fingerprint density at radius 1 is 0.861 bits per heavy atom. The van der Waals surface area contributed by atoms with Crippen LogP contribution < -0.4 is 15.9 Å². The van der Waals surface area contributed by atoms with Gasteiger partial charge in [-0.3, -0.25) is 0 Å². The Morgan fingerprint density at radius 3 is 1.81 bits per heavy atom. The van der Waals surface area contributed by atoms with Crippen LogP contribution in [-0.2, 0) is 18.7 Å². The third kappa shape index (κ3) is 3.87. The molecule has 2 bridgehead atoms. The van der Waals surface area contributed by atoms with E-state index in [9.17, 15) is 13.2 Å². The van der Waals surface area contributed by atoms with Crippen LogP contribution in [0.4, 0.5) is 4.79 Å². The van der Waals surface area contributed by atoms with E-state index in [-0.39, 0.29) is 0 Å². The van der Waals surface area contributed by atoms with Gasteiger partial charge in [0.2, 0.25) is 0 Å². The number of amides is 2. The predicted octanol–water partition coefficient (Wildman–Crippen LogP) is 3.83. The van der Waals surface area contributed by atoms with Gasteiger partial charge in [0, 0.05) is 0 Å². The van der Waals surface area contributed by atoms with E-state index in [1.807, 2.05) is 116 Å². The van der Waals surface area contributed by atoms with Crippen LogP contribution in [0.3, 0.4) is 0 Å². The first kappa shape index (κ1) is 24.4. The van der Waals surface area contributed by atoms with E-state index in [1.54, 1.807) is 6.08 Å². The number of carbonyl (C=O) groups is 1. The molecule has 0 spiro atoms. The van der Waals surface area contributed by atoms with Crippen LogP contribution in [0, 0.1) is 0 Å². The molecule has 0 saturated carbocycles. The molecule has 36 heavy (non-hydrogen) atoms. The Hall–Kier alpha value is -3.29. The number of fused-ring (bicyclic) bond motifs is 2. The maximum atomic E-state index is 13.9. The van der Waals surface area contributed by atoms with Crippen molar-refractivity contribution < 1.29 is 21.5 Å². The molecule has 2 aliphatic rings. The quantitative estimate of drug-likeness (QED) is 0.332. The first-order valence-electron chi connectivity index (χ1n) is 11.6. The second kappa shape index (κ2) is 9.30. The van der Waals surface area contributed by atoms with E-state index in [4.69, 9.17) is 8.25 Å². The van der Waals surface area contributed by atoms with Gasteiger partial charge in [0.15, 0.2) is 0 Å². The number of nitrogens with zero attached hydrogens (tertiary/aromatic N) is 2. The third-order valence-corrected chi connectivity index (χ3v) is 13.7. The van der Waals surface area contributed by atoms with Crippen LogP contribution in [-0.4, -0.2) is 43.5 Å². The molecule has 1 fully saturated rings. The Bertz CT molecular complexity index is 1310. The van der Waals surface area contributed by atoms with Crippen molar-refractivity contribution in [3.05, 3.63) is 115 Å². The summed E-state index contributed by atoms with van der Waals surface area (Å²) < 4.78 is 39.6. The Kier molecular flexibility index (Phi) is 6.30. The van der Waals surface area contributed by atoms with Gasteiger partial charge in [-0.25, -0.2) is 0 Å². The summed E-state index contributed by atoms with van der Waals surface area (Å²) in [7, 11) is -4.77. The van der Waals surface area contributed by atoms with Gasteiger partial charge in [0.05, 0.1) is 0 Å². The van der Waals surface area contributed by atoms with Crippen molar-refractivity contribution in [2.24, 2.45) is 0 Å². The van der Waals surface area contributed by atoms with E-state index < -0.39 is 29.3 Å². The van der Waals surface area contributed by atoms with Crippen LogP contribution in [0.15, 0.2) is 115 Å². The summed E-state index contributed by atoms with van der Waals surface area (Å²) in [5, 5.41) is 2.94. The van der Waals surface area contributed by atoms with Crippen LogP contribution >= 0.6 is 6.83 Å². The van der Waals surface area contributed by atoms with Gasteiger partial charge < -0.3 is 0 Å². The molecule has 186 valence electrons. The number of hydrogen-bond acceptors (Lipinski definition) is 5. The predicted molar refractivity (Wildman–Crippen MR) is 143 cm³/mol. The van der Waals surface area contributed by atoms with Crippen molar-refractivity contribution in [1.82, 2.24) is 9.96 Å². The zero-order valence-corrected chi connectivity index (χ0v) is 21.5. The van der Waals surface area contributed by atoms with Gasteiger partial charge in [-0.05, 0) is 0 Å². The molecule has 3 aromatic carbocycles. The number of hydrogen-bond donors (Lipinski definition) is 0. The van der Waals surface area contributed by atoms with Crippen LogP contribution in [0.5, 0.6) is 0 Å². The normalized spacial score (nSPS) is 19.0. The summed E-state index contributed by atoms with van der Waals surface area (Å²) in [4.78, 5) is 14.3. The molecule has 1 atom stereocenters. The van der Waals surface area contributed by atoms with Crippen molar-refractivity contribution in [1.29, 1.82) is 0 Å². The molecule has 2 aliphatic heterocycles. The number of urea groups is 1. The van der Waals surface area contributed by atoms with Gasteiger partial charge >= 0.3 is 212 Å². The SMILES string of the molecule is C/C=C/P(OS(=O)(=O)ON1C(=O)N2CC=CC1C2)(c1ccccc1)(c1ccccc1)c1ccccc1. The standard InChI is InChI=1S/C27H27N2O5PS/c1-2-21-35(24-14-6-3-7-15-24,25-16-8-4-9-17-25,26-18-10-5-11-19-26)34-36(31,32)33-29-23-13-12-20-28(22-23)27(29)30/h2-19,21,23H,20,22H2,1H3/b21-2+. The Labute approximate surface area is 211 Å². The molecule has 1 saturated heterocycles. The zero-order valence-electron chi connectivity index (χ0n) is 19.8. The molecule has 3 aromatic rings. The first-order valence-corrected chi connectivity index (χ1v) is 15.2. The van der Waals surface area contributed by atoms with Crippen molar-refractivity contribution in [2.45, 2.75) is 13.0 Å². The number of allylic oxidation sites excluding steroid dienone is 1. The minimum absolute atomic E-state index is 0.360. The summed E-state index contributed by atoms with van der Waals surface area (Å²) in [5.74, 6) is 1.85. The number of rotatable bonds is 8. The van der Waals surface area contributed by atoms with Crippen LogP contribution in [0.2, 0.25) is 0 Å². The number of carbonyl (C=O) groups excluding carboxylic acids is 1. The number of benzene rings is 3. The average molecular weight is 523 g/mol. The van der Waals surface area contributed by atoms with Gasteiger partial charge in [0.25, 0.3) is 0 Å². The van der Waals surface area contributed by atoms with Gasteiger partial charge in [0.1, 0.15) is 0 Å². The van der Waals surface area contributed by atoms with Crippen LogP contribution in [0.1, 0.15) is 6.92 Å². The third-order valence-electron chi connectivity index (χ3n) is 6.51. The monoisotopic (exact) mass is 522 g/mol. The molecule has 0 radical (unpaired) electrons. The summed E-state index contributed by atoms with van der Waals surface area (Å²) >= 11 is 0. The van der Waals surface area contributed by atoms with E-state index in [0.29, 0.717) is 29.0 Å². The van der Waals surface area contributed by atoms with E-state index in [0.717, 1.165) is 5.06 Å². The Balaban J connectivity index is 1.75. The number of hydroxylamine groups is 2. The van der Waals surface area contributed by atoms with E-state index in [2.05, 4.69) is 0 Å². The molecular weight excluding hydrogens is 495 g/mol. The van der Waals surface area contributed by atoms with Crippen molar-refractivity contribution in [3.8, 4) is 0 Å². The summed E-state index contributed by atoms with van der Waals surface area (Å²) in [6.07, 6.45) is 5.40. The second-order valence-electron chi connectivity index (χ2n) is 8.66. The molecule has 2 heterocycles. The minimum atomic E-state index is -4.77. The van der Waals surface area contributed by atoms with Crippen molar-refractivity contribution in [2.75, 3.05) is 13.1 Å². The average Bonchev–Trinajstić information content (AvgIpc) is 3.11. The molecule has 7 nitrogen and oxygen atoms in total. The fraction of sp³-hybridized carbons (Fsp3) is 0.148. The van der Waals surface area contributed by atoms with Crippen LogP contribution in [0.25, 0.3) is 0 Å². The molecule has 5 rings (SSSR count).